The number of anilines is 3. The SMILES string of the molecule is C=CC(=O)N1C[C@H]2C[C@@H](C1)C2Nc1cc2c(cc1OC)NC=NC2Nc1ccc(Cl)c(Cl)c1F. The number of carbonyl (C=O) groups is 1. The van der Waals surface area contributed by atoms with Crippen molar-refractivity contribution in [3.63, 3.8) is 0 Å². The zero-order valence-electron chi connectivity index (χ0n) is 18.4. The van der Waals surface area contributed by atoms with Gasteiger partial charge in [-0.05, 0) is 42.5 Å². The molecule has 2 unspecified atom stereocenters. The molecule has 2 saturated heterocycles. The molecule has 2 aromatic rings. The summed E-state index contributed by atoms with van der Waals surface area (Å²) in [6.45, 7) is 5.01. The Morgan fingerprint density at radius 1 is 1.26 bits per heavy atom. The molecule has 0 spiro atoms. The molecule has 4 atom stereocenters. The van der Waals surface area contributed by atoms with Crippen LogP contribution in [0.4, 0.5) is 21.5 Å². The number of hydrogen-bond acceptors (Lipinski definition) is 6. The first-order valence-electron chi connectivity index (χ1n) is 11.0. The van der Waals surface area contributed by atoms with Crippen LogP contribution in [0.15, 0.2) is 41.9 Å². The summed E-state index contributed by atoms with van der Waals surface area (Å²) in [7, 11) is 1.62. The molecule has 0 aromatic heterocycles. The number of methoxy groups -OCH3 is 1. The number of hydrogen-bond donors (Lipinski definition) is 3. The quantitative estimate of drug-likeness (QED) is 0.375. The maximum absolute atomic E-state index is 14.6. The highest BCUT2D eigenvalue weighted by Gasteiger charge is 2.47. The third kappa shape index (κ3) is 3.95. The topological polar surface area (TPSA) is 78.0 Å². The Morgan fingerprint density at radius 3 is 2.74 bits per heavy atom. The standard InChI is InChI=1S/C24H24Cl2FN5O2/c1-3-20(33)32-9-12-6-13(10-32)23(12)30-18-7-14-17(8-19(18)34-2)28-11-29-24(14)31-16-5-4-15(25)21(26)22(16)27/h3-5,7-8,11-13,23-24,30-31H,1,6,9-10H2,2H3,(H,28,29)/t12-,13+,23?,24?. The zero-order valence-corrected chi connectivity index (χ0v) is 20.0. The van der Waals surface area contributed by atoms with Crippen molar-refractivity contribution in [3.05, 3.63) is 58.3 Å². The number of carbonyl (C=O) groups excluding carboxylic acids is 1. The normalized spacial score (nSPS) is 24.4. The van der Waals surface area contributed by atoms with Crippen molar-refractivity contribution in [1.82, 2.24) is 4.90 Å². The molecule has 2 bridgehead atoms. The van der Waals surface area contributed by atoms with Crippen LogP contribution < -0.4 is 20.7 Å². The number of aliphatic imine (C=N–C) groups is 1. The molecule has 178 valence electrons. The maximum Gasteiger partial charge on any atom is 0.245 e. The van der Waals surface area contributed by atoms with E-state index in [1.165, 1.54) is 18.2 Å². The van der Waals surface area contributed by atoms with Gasteiger partial charge in [0.2, 0.25) is 5.91 Å². The second kappa shape index (κ2) is 9.00. The monoisotopic (exact) mass is 503 g/mol. The van der Waals surface area contributed by atoms with Crippen LogP contribution in [0.3, 0.4) is 0 Å². The molecule has 10 heteroatoms. The van der Waals surface area contributed by atoms with Crippen molar-refractivity contribution in [2.45, 2.75) is 18.6 Å². The molecule has 1 saturated carbocycles. The molecule has 3 aliphatic heterocycles. The number of nitrogens with one attached hydrogen (secondary N) is 3. The maximum atomic E-state index is 14.6. The van der Waals surface area contributed by atoms with Crippen LogP contribution >= 0.6 is 23.2 Å². The smallest absolute Gasteiger partial charge is 0.245 e. The molecule has 4 aliphatic rings. The van der Waals surface area contributed by atoms with E-state index in [0.717, 1.165) is 23.4 Å². The minimum Gasteiger partial charge on any atom is -0.495 e. The molecule has 1 aliphatic carbocycles. The van der Waals surface area contributed by atoms with Crippen LogP contribution in [0.5, 0.6) is 5.75 Å². The number of benzene rings is 2. The van der Waals surface area contributed by atoms with Crippen LogP contribution in [-0.2, 0) is 4.79 Å². The lowest BCUT2D eigenvalue weighted by molar-refractivity contribution is -0.132. The summed E-state index contributed by atoms with van der Waals surface area (Å²) in [5.74, 6) is 0.756. The Bertz CT molecular complexity index is 1180. The van der Waals surface area contributed by atoms with Crippen molar-refractivity contribution >= 4 is 52.5 Å². The lowest BCUT2D eigenvalue weighted by Gasteiger charge is -2.54. The molecule has 34 heavy (non-hydrogen) atoms. The lowest BCUT2D eigenvalue weighted by atomic mass is 9.66. The fourth-order valence-corrected chi connectivity index (χ4v) is 5.31. The fraction of sp³-hybridized carbons (Fsp3) is 0.333. The third-order valence-corrected chi connectivity index (χ3v) is 7.56. The molecule has 2 aromatic carbocycles. The molecule has 3 N–H and O–H groups in total. The van der Waals surface area contributed by atoms with Crippen molar-refractivity contribution in [2.75, 3.05) is 36.1 Å². The van der Waals surface area contributed by atoms with Gasteiger partial charge in [0.1, 0.15) is 11.9 Å². The summed E-state index contributed by atoms with van der Waals surface area (Å²) in [5.41, 5.74) is 2.65. The van der Waals surface area contributed by atoms with E-state index in [1.807, 2.05) is 17.0 Å². The molecule has 7 nitrogen and oxygen atoms in total. The highest BCUT2D eigenvalue weighted by molar-refractivity contribution is 6.42. The van der Waals surface area contributed by atoms with Gasteiger partial charge in [0.05, 0.1) is 40.6 Å². The minimum absolute atomic E-state index is 0.0214. The number of ether oxygens (including phenoxy) is 1. The van der Waals surface area contributed by atoms with Crippen molar-refractivity contribution in [1.29, 1.82) is 0 Å². The molecular formula is C24H24Cl2FN5O2. The summed E-state index contributed by atoms with van der Waals surface area (Å²) in [5, 5.41) is 9.88. The second-order valence-electron chi connectivity index (χ2n) is 8.71. The highest BCUT2D eigenvalue weighted by Crippen LogP contribution is 2.45. The van der Waals surface area contributed by atoms with Crippen LogP contribution in [0, 0.1) is 17.7 Å². The average molecular weight is 504 g/mol. The fourth-order valence-electron chi connectivity index (χ4n) is 5.00. The molecule has 6 rings (SSSR count). The molecular weight excluding hydrogens is 480 g/mol. The van der Waals surface area contributed by atoms with E-state index in [0.29, 0.717) is 30.7 Å². The molecule has 0 radical (unpaired) electrons. The van der Waals surface area contributed by atoms with E-state index in [9.17, 15) is 9.18 Å². The van der Waals surface area contributed by atoms with Crippen LogP contribution in [0.25, 0.3) is 0 Å². The second-order valence-corrected chi connectivity index (χ2v) is 9.49. The van der Waals surface area contributed by atoms with Gasteiger partial charge in [-0.2, -0.15) is 0 Å². The van der Waals surface area contributed by atoms with Gasteiger partial charge < -0.3 is 25.6 Å². The van der Waals surface area contributed by atoms with Gasteiger partial charge in [-0.1, -0.05) is 29.8 Å². The number of fused-ring (bicyclic) bond motifs is 3. The van der Waals surface area contributed by atoms with E-state index in [4.69, 9.17) is 27.9 Å². The van der Waals surface area contributed by atoms with Crippen LogP contribution in [-0.4, -0.2) is 43.4 Å². The van der Waals surface area contributed by atoms with Gasteiger partial charge in [0.25, 0.3) is 0 Å². The van der Waals surface area contributed by atoms with E-state index in [2.05, 4.69) is 27.5 Å². The average Bonchev–Trinajstić information content (AvgIpc) is 2.86. The first kappa shape index (κ1) is 22.8. The van der Waals surface area contributed by atoms with E-state index in [1.54, 1.807) is 13.4 Å². The summed E-state index contributed by atoms with van der Waals surface area (Å²) in [6, 6.07) is 7.17. The summed E-state index contributed by atoms with van der Waals surface area (Å²) in [4.78, 5) is 18.3. The molecule has 1 amide bonds. The van der Waals surface area contributed by atoms with Gasteiger partial charge in [0, 0.05) is 30.8 Å². The van der Waals surface area contributed by atoms with E-state index < -0.39 is 12.0 Å². The largest absolute Gasteiger partial charge is 0.495 e. The number of amides is 1. The highest BCUT2D eigenvalue weighted by atomic mass is 35.5. The van der Waals surface area contributed by atoms with Crippen molar-refractivity contribution in [3.8, 4) is 5.75 Å². The Kier molecular flexibility index (Phi) is 6.04. The predicted molar refractivity (Wildman–Crippen MR) is 134 cm³/mol. The lowest BCUT2D eigenvalue weighted by Crippen LogP contribution is -2.62. The number of rotatable bonds is 6. The van der Waals surface area contributed by atoms with Gasteiger partial charge in [-0.25, -0.2) is 9.38 Å². The van der Waals surface area contributed by atoms with Gasteiger partial charge >= 0.3 is 0 Å². The Hall–Kier alpha value is -2.97. The molecule has 3 fully saturated rings. The van der Waals surface area contributed by atoms with Crippen molar-refractivity contribution < 1.29 is 13.9 Å². The van der Waals surface area contributed by atoms with E-state index in [-0.39, 0.29) is 27.7 Å². The molecule has 3 heterocycles. The van der Waals surface area contributed by atoms with Gasteiger partial charge in [-0.3, -0.25) is 4.79 Å². The third-order valence-electron chi connectivity index (χ3n) is 6.78. The first-order valence-corrected chi connectivity index (χ1v) is 11.7. The summed E-state index contributed by atoms with van der Waals surface area (Å²) >= 11 is 11.9. The van der Waals surface area contributed by atoms with Gasteiger partial charge in [0.15, 0.2) is 5.82 Å². The van der Waals surface area contributed by atoms with Gasteiger partial charge in [-0.15, -0.1) is 0 Å². The summed E-state index contributed by atoms with van der Waals surface area (Å²) in [6.07, 6.45) is 3.47. The first-order chi connectivity index (χ1) is 16.4. The van der Waals surface area contributed by atoms with E-state index >= 15 is 0 Å². The Labute approximate surface area is 207 Å². The number of piperidine rings is 2. The van der Waals surface area contributed by atoms with Crippen LogP contribution in [0.2, 0.25) is 10.0 Å². The Morgan fingerprint density at radius 2 is 2.03 bits per heavy atom. The summed E-state index contributed by atoms with van der Waals surface area (Å²) < 4.78 is 20.3. The number of nitrogens with zero attached hydrogens (tertiary/aromatic N) is 2. The van der Waals surface area contributed by atoms with Crippen LogP contribution in [0.1, 0.15) is 18.2 Å². The van der Waals surface area contributed by atoms with Crippen molar-refractivity contribution in [2.24, 2.45) is 16.8 Å². The Balaban J connectivity index is 1.39. The minimum atomic E-state index is -0.628. The predicted octanol–water partition coefficient (Wildman–Crippen LogP) is 5.15. The zero-order chi connectivity index (χ0) is 24.0. The number of halogens is 3.